The number of amides is 1. The molecule has 4 heteroatoms. The van der Waals surface area contributed by atoms with Gasteiger partial charge in [0.15, 0.2) is 0 Å². The van der Waals surface area contributed by atoms with Crippen LogP contribution < -0.4 is 5.32 Å². The average Bonchev–Trinajstić information content (AvgIpc) is 2.45. The molecule has 0 saturated heterocycles. The second-order valence-corrected chi connectivity index (χ2v) is 4.52. The van der Waals surface area contributed by atoms with Crippen LogP contribution in [-0.4, -0.2) is 21.2 Å². The smallest absolute Gasteiger partial charge is 0.244 e. The molecule has 0 aliphatic carbocycles. The zero-order chi connectivity index (χ0) is 11.5. The maximum atomic E-state index is 11.4. The van der Waals surface area contributed by atoms with E-state index in [9.17, 15) is 4.79 Å². The van der Waals surface area contributed by atoms with E-state index >= 15 is 0 Å². The summed E-state index contributed by atoms with van der Waals surface area (Å²) >= 11 is 0. The van der Waals surface area contributed by atoms with Crippen LogP contribution >= 0.6 is 0 Å². The molecule has 0 saturated carbocycles. The number of hydrogen-bond donors (Lipinski definition) is 1. The average molecular weight is 207 g/mol. The number of aromatic nitrogens is 2. The number of nitrogens with zero attached hydrogens (tertiary/aromatic N) is 2. The van der Waals surface area contributed by atoms with Gasteiger partial charge in [-0.1, -0.05) is 0 Å². The lowest BCUT2D eigenvalue weighted by atomic mass is 10.1. The monoisotopic (exact) mass is 207 g/mol. The lowest BCUT2D eigenvalue weighted by Gasteiger charge is -2.18. The Hall–Kier alpha value is -1.58. The van der Waals surface area contributed by atoms with E-state index in [2.05, 4.69) is 10.4 Å². The minimum atomic E-state index is -0.198. The topological polar surface area (TPSA) is 46.9 Å². The fourth-order valence-corrected chi connectivity index (χ4v) is 1.11. The molecule has 0 radical (unpaired) electrons. The van der Waals surface area contributed by atoms with Crippen molar-refractivity contribution in [1.82, 2.24) is 15.1 Å². The second kappa shape index (κ2) is 4.29. The molecule has 1 amide bonds. The number of aryl methyl sites for hydroxylation is 1. The normalized spacial score (nSPS) is 12.0. The Kier molecular flexibility index (Phi) is 3.29. The maximum absolute atomic E-state index is 11.4. The Balaban J connectivity index is 2.55. The molecule has 0 aliphatic heterocycles. The molecule has 1 N–H and O–H groups in total. The van der Waals surface area contributed by atoms with Crippen LogP contribution in [0.2, 0.25) is 0 Å². The summed E-state index contributed by atoms with van der Waals surface area (Å²) in [6.07, 6.45) is 6.82. The Morgan fingerprint density at radius 2 is 2.20 bits per heavy atom. The molecule has 1 aromatic rings. The zero-order valence-electron chi connectivity index (χ0n) is 9.61. The van der Waals surface area contributed by atoms with Gasteiger partial charge in [0.25, 0.3) is 0 Å². The molecular formula is C11H17N3O. The SMILES string of the molecule is Cn1cc(/C=C/C(=O)NC(C)(C)C)cn1. The van der Waals surface area contributed by atoms with Gasteiger partial charge in [0.2, 0.25) is 5.91 Å². The van der Waals surface area contributed by atoms with E-state index in [1.54, 1.807) is 17.0 Å². The van der Waals surface area contributed by atoms with Gasteiger partial charge in [0.1, 0.15) is 0 Å². The minimum Gasteiger partial charge on any atom is -0.348 e. The molecule has 0 unspecified atom stereocenters. The molecule has 0 fully saturated rings. The Bertz CT molecular complexity index is 371. The third-order valence-corrected chi connectivity index (χ3v) is 1.65. The first-order valence-electron chi connectivity index (χ1n) is 4.86. The van der Waals surface area contributed by atoms with Crippen LogP contribution in [0.15, 0.2) is 18.5 Å². The summed E-state index contributed by atoms with van der Waals surface area (Å²) in [6.45, 7) is 5.84. The quantitative estimate of drug-likeness (QED) is 0.744. The van der Waals surface area contributed by atoms with E-state index < -0.39 is 0 Å². The van der Waals surface area contributed by atoms with Crippen molar-refractivity contribution in [1.29, 1.82) is 0 Å². The van der Waals surface area contributed by atoms with Gasteiger partial charge >= 0.3 is 0 Å². The Morgan fingerprint density at radius 3 is 2.67 bits per heavy atom. The van der Waals surface area contributed by atoms with Crippen molar-refractivity contribution in [3.05, 3.63) is 24.0 Å². The van der Waals surface area contributed by atoms with Crippen LogP contribution in [0.4, 0.5) is 0 Å². The van der Waals surface area contributed by atoms with E-state index in [1.165, 1.54) is 6.08 Å². The van der Waals surface area contributed by atoms with Crippen molar-refractivity contribution in [3.63, 3.8) is 0 Å². The molecule has 82 valence electrons. The molecule has 15 heavy (non-hydrogen) atoms. The van der Waals surface area contributed by atoms with Crippen LogP contribution in [0.1, 0.15) is 26.3 Å². The summed E-state index contributed by atoms with van der Waals surface area (Å²) in [5.74, 6) is -0.0913. The molecular weight excluding hydrogens is 190 g/mol. The summed E-state index contributed by atoms with van der Waals surface area (Å²) in [6, 6.07) is 0. The molecule has 1 rings (SSSR count). The highest BCUT2D eigenvalue weighted by molar-refractivity contribution is 5.92. The summed E-state index contributed by atoms with van der Waals surface area (Å²) in [5.41, 5.74) is 0.720. The molecule has 0 bridgehead atoms. The van der Waals surface area contributed by atoms with Gasteiger partial charge in [0, 0.05) is 30.4 Å². The first-order chi connectivity index (χ1) is 6.87. The van der Waals surface area contributed by atoms with Gasteiger partial charge in [-0.05, 0) is 26.8 Å². The van der Waals surface area contributed by atoms with E-state index in [-0.39, 0.29) is 11.4 Å². The highest BCUT2D eigenvalue weighted by atomic mass is 16.1. The molecule has 1 heterocycles. The molecule has 4 nitrogen and oxygen atoms in total. The van der Waals surface area contributed by atoms with Crippen molar-refractivity contribution in [3.8, 4) is 0 Å². The summed E-state index contributed by atoms with van der Waals surface area (Å²) < 4.78 is 1.70. The number of rotatable bonds is 2. The van der Waals surface area contributed by atoms with Gasteiger partial charge in [-0.25, -0.2) is 0 Å². The predicted molar refractivity (Wildman–Crippen MR) is 60.1 cm³/mol. The van der Waals surface area contributed by atoms with Crippen LogP contribution in [-0.2, 0) is 11.8 Å². The maximum Gasteiger partial charge on any atom is 0.244 e. The van der Waals surface area contributed by atoms with Gasteiger partial charge in [0.05, 0.1) is 6.20 Å². The van der Waals surface area contributed by atoms with Crippen molar-refractivity contribution in [2.24, 2.45) is 7.05 Å². The number of carbonyl (C=O) groups is 1. The molecule has 1 aromatic heterocycles. The first-order valence-corrected chi connectivity index (χ1v) is 4.86. The molecule has 0 aromatic carbocycles. The minimum absolute atomic E-state index is 0.0913. The van der Waals surface area contributed by atoms with Crippen LogP contribution in [0.3, 0.4) is 0 Å². The van der Waals surface area contributed by atoms with Crippen molar-refractivity contribution in [2.45, 2.75) is 26.3 Å². The number of hydrogen-bond acceptors (Lipinski definition) is 2. The highest BCUT2D eigenvalue weighted by Crippen LogP contribution is 2.01. The van der Waals surface area contributed by atoms with E-state index in [0.717, 1.165) is 5.56 Å². The number of nitrogens with one attached hydrogen (secondary N) is 1. The Morgan fingerprint density at radius 1 is 1.53 bits per heavy atom. The third-order valence-electron chi connectivity index (χ3n) is 1.65. The van der Waals surface area contributed by atoms with Crippen molar-refractivity contribution in [2.75, 3.05) is 0 Å². The largest absolute Gasteiger partial charge is 0.348 e. The fourth-order valence-electron chi connectivity index (χ4n) is 1.11. The molecule has 0 aliphatic rings. The third kappa shape index (κ3) is 4.44. The Labute approximate surface area is 90.0 Å². The zero-order valence-corrected chi connectivity index (χ0v) is 9.61. The van der Waals surface area contributed by atoms with E-state index in [0.29, 0.717) is 0 Å². The van der Waals surface area contributed by atoms with Gasteiger partial charge in [-0.3, -0.25) is 9.48 Å². The first kappa shape index (κ1) is 11.5. The molecule has 0 atom stereocenters. The standard InChI is InChI=1S/C11H17N3O/c1-11(2,3)13-10(15)6-5-9-7-12-14(4)8-9/h5-8H,1-4H3,(H,13,15)/b6-5+. The summed E-state index contributed by atoms with van der Waals surface area (Å²) in [4.78, 5) is 11.4. The highest BCUT2D eigenvalue weighted by Gasteiger charge is 2.10. The lowest BCUT2D eigenvalue weighted by molar-refractivity contribution is -0.117. The van der Waals surface area contributed by atoms with Gasteiger partial charge in [-0.2, -0.15) is 5.10 Å². The summed E-state index contributed by atoms with van der Waals surface area (Å²) in [5, 5.41) is 6.85. The van der Waals surface area contributed by atoms with Crippen LogP contribution in [0.5, 0.6) is 0 Å². The lowest BCUT2D eigenvalue weighted by Crippen LogP contribution is -2.39. The van der Waals surface area contributed by atoms with Crippen molar-refractivity contribution < 1.29 is 4.79 Å². The number of carbonyl (C=O) groups excluding carboxylic acids is 1. The molecule has 0 spiro atoms. The van der Waals surface area contributed by atoms with E-state index in [4.69, 9.17) is 0 Å². The van der Waals surface area contributed by atoms with Gasteiger partial charge < -0.3 is 5.32 Å². The van der Waals surface area contributed by atoms with E-state index in [1.807, 2.05) is 34.0 Å². The van der Waals surface area contributed by atoms with Crippen LogP contribution in [0.25, 0.3) is 6.08 Å². The van der Waals surface area contributed by atoms with Gasteiger partial charge in [-0.15, -0.1) is 0 Å². The second-order valence-electron chi connectivity index (χ2n) is 4.52. The van der Waals surface area contributed by atoms with Crippen molar-refractivity contribution >= 4 is 12.0 Å². The van der Waals surface area contributed by atoms with Crippen LogP contribution in [0, 0.1) is 0 Å². The summed E-state index contributed by atoms with van der Waals surface area (Å²) in [7, 11) is 1.84. The predicted octanol–water partition coefficient (Wildman–Crippen LogP) is 1.35. The fraction of sp³-hybridized carbons (Fsp3) is 0.455.